The van der Waals surface area contributed by atoms with Crippen LogP contribution < -0.4 is 0 Å². The summed E-state index contributed by atoms with van der Waals surface area (Å²) in [4.78, 5) is 9.47. The van der Waals surface area contributed by atoms with Gasteiger partial charge in [-0.25, -0.2) is 0 Å². The zero-order chi connectivity index (χ0) is 5.70. The van der Waals surface area contributed by atoms with E-state index in [0.717, 1.165) is 5.92 Å². The van der Waals surface area contributed by atoms with Crippen molar-refractivity contribution < 1.29 is 9.53 Å². The van der Waals surface area contributed by atoms with Gasteiger partial charge in [-0.05, 0) is 0 Å². The molecule has 2 heteroatoms. The summed E-state index contributed by atoms with van der Waals surface area (Å²) in [6, 6.07) is 0. The van der Waals surface area contributed by atoms with Gasteiger partial charge in [-0.1, -0.05) is 13.8 Å². The molecule has 0 unspecified atom stereocenters. The van der Waals surface area contributed by atoms with Crippen molar-refractivity contribution in [2.75, 3.05) is 6.61 Å². The molecule has 2 nitrogen and oxygen atoms in total. The minimum absolute atomic E-state index is 0.448. The quantitative estimate of drug-likeness (QED) is 0.491. The molecule has 0 aliphatic carbocycles. The van der Waals surface area contributed by atoms with Crippen LogP contribution in [0.2, 0.25) is 0 Å². The molecular weight excluding hydrogens is 92.1 g/mol. The first-order valence-corrected chi connectivity index (χ1v) is 2.11. The molecular formula is C5H9O2. The van der Waals surface area contributed by atoms with E-state index in [-0.39, 0.29) is 0 Å². The molecule has 0 amide bonds. The minimum atomic E-state index is 0.448. The maximum absolute atomic E-state index is 9.47. The Morgan fingerprint density at radius 1 is 1.71 bits per heavy atom. The van der Waals surface area contributed by atoms with E-state index in [1.54, 1.807) is 0 Å². The van der Waals surface area contributed by atoms with Gasteiger partial charge in [-0.2, -0.15) is 0 Å². The lowest BCUT2D eigenvalue weighted by Crippen LogP contribution is -1.96. The fourth-order valence-corrected chi connectivity index (χ4v) is 0.201. The molecule has 0 fully saturated rings. The van der Waals surface area contributed by atoms with E-state index in [2.05, 4.69) is 4.74 Å². The Morgan fingerprint density at radius 2 is 2.29 bits per heavy atom. The molecule has 0 saturated carbocycles. The summed E-state index contributed by atoms with van der Waals surface area (Å²) in [5, 5.41) is 0. The Labute approximate surface area is 43.5 Å². The van der Waals surface area contributed by atoms with Gasteiger partial charge in [-0.3, -0.25) is 4.79 Å². The van der Waals surface area contributed by atoms with Crippen molar-refractivity contribution >= 4 is 6.47 Å². The summed E-state index contributed by atoms with van der Waals surface area (Å²) in [7, 11) is 0. The Balaban J connectivity index is 2.81. The first kappa shape index (κ1) is 6.47. The molecule has 41 valence electrons. The van der Waals surface area contributed by atoms with Crippen LogP contribution in [0.15, 0.2) is 0 Å². The fraction of sp³-hybridized carbons (Fsp3) is 0.600. The highest BCUT2D eigenvalue weighted by atomic mass is 16.5. The zero-order valence-corrected chi connectivity index (χ0v) is 4.60. The summed E-state index contributed by atoms with van der Waals surface area (Å²) in [5.74, 6) is 1.10. The summed E-state index contributed by atoms with van der Waals surface area (Å²) in [5.41, 5.74) is 0. The lowest BCUT2D eigenvalue weighted by molar-refractivity contribution is -0.128. The van der Waals surface area contributed by atoms with Crippen LogP contribution in [0.1, 0.15) is 13.8 Å². The molecule has 0 N–H and O–H groups in total. The lowest BCUT2D eigenvalue weighted by atomic mass is 10.2. The van der Waals surface area contributed by atoms with Crippen LogP contribution in [0, 0.1) is 5.92 Å². The maximum Gasteiger partial charge on any atom is 0.293 e. The van der Waals surface area contributed by atoms with Crippen molar-refractivity contribution in [2.24, 2.45) is 0 Å². The Kier molecular flexibility index (Phi) is 3.38. The van der Waals surface area contributed by atoms with Gasteiger partial charge in [0.1, 0.15) is 0 Å². The first-order valence-electron chi connectivity index (χ1n) is 2.11. The van der Waals surface area contributed by atoms with Crippen LogP contribution in [-0.2, 0) is 9.53 Å². The molecule has 1 radical (unpaired) electrons. The molecule has 0 aromatic heterocycles. The first-order chi connectivity index (χ1) is 3.27. The predicted octanol–water partition coefficient (Wildman–Crippen LogP) is 0.774. The molecule has 0 saturated heterocycles. The minimum Gasteiger partial charge on any atom is -0.467 e. The van der Waals surface area contributed by atoms with E-state index < -0.39 is 0 Å². The maximum atomic E-state index is 9.47. The Bertz CT molecular complexity index is 50.0. The number of carbonyl (C=O) groups excluding carboxylic acids is 1. The van der Waals surface area contributed by atoms with Crippen molar-refractivity contribution in [3.8, 4) is 0 Å². The molecule has 0 spiro atoms. The van der Waals surface area contributed by atoms with Crippen LogP contribution in [0.25, 0.3) is 0 Å². The highest BCUT2D eigenvalue weighted by molar-refractivity contribution is 5.37. The van der Waals surface area contributed by atoms with Gasteiger partial charge in [-0.15, -0.1) is 0 Å². The largest absolute Gasteiger partial charge is 0.467 e. The lowest BCUT2D eigenvalue weighted by Gasteiger charge is -1.97. The average molecular weight is 101 g/mol. The van der Waals surface area contributed by atoms with Crippen molar-refractivity contribution in [2.45, 2.75) is 13.8 Å². The van der Waals surface area contributed by atoms with Gasteiger partial charge in [0.25, 0.3) is 6.47 Å². The molecule has 7 heavy (non-hydrogen) atoms. The number of hydrogen-bond acceptors (Lipinski definition) is 2. The predicted molar refractivity (Wildman–Crippen MR) is 26.6 cm³/mol. The van der Waals surface area contributed by atoms with Gasteiger partial charge < -0.3 is 4.74 Å². The Hall–Kier alpha value is -0.530. The molecule has 0 aliphatic rings. The monoisotopic (exact) mass is 101 g/mol. The topological polar surface area (TPSA) is 26.3 Å². The molecule has 0 rings (SSSR count). The van der Waals surface area contributed by atoms with Crippen LogP contribution in [0.4, 0.5) is 0 Å². The fourth-order valence-electron chi connectivity index (χ4n) is 0.201. The van der Waals surface area contributed by atoms with Crippen molar-refractivity contribution in [1.82, 2.24) is 0 Å². The smallest absolute Gasteiger partial charge is 0.293 e. The normalized spacial score (nSPS) is 9.00. The van der Waals surface area contributed by atoms with Gasteiger partial charge in [0.05, 0.1) is 6.61 Å². The van der Waals surface area contributed by atoms with Crippen LogP contribution in [0.3, 0.4) is 0 Å². The van der Waals surface area contributed by atoms with Gasteiger partial charge >= 0.3 is 0 Å². The third-order valence-electron chi connectivity index (χ3n) is 0.440. The number of hydrogen-bond donors (Lipinski definition) is 0. The second-order valence-electron chi connectivity index (χ2n) is 1.61. The SMILES string of the molecule is C[C](C)COC=O. The van der Waals surface area contributed by atoms with E-state index in [4.69, 9.17) is 0 Å². The summed E-state index contributed by atoms with van der Waals surface area (Å²) >= 11 is 0. The van der Waals surface area contributed by atoms with Gasteiger partial charge in [0.2, 0.25) is 0 Å². The van der Waals surface area contributed by atoms with Crippen molar-refractivity contribution in [3.05, 3.63) is 5.92 Å². The summed E-state index contributed by atoms with van der Waals surface area (Å²) in [6.07, 6.45) is 0. The molecule has 0 heterocycles. The van der Waals surface area contributed by atoms with E-state index in [9.17, 15) is 4.79 Å². The Morgan fingerprint density at radius 3 is 2.43 bits per heavy atom. The zero-order valence-electron chi connectivity index (χ0n) is 4.60. The highest BCUT2D eigenvalue weighted by Gasteiger charge is 1.89. The molecule has 0 atom stereocenters. The highest BCUT2D eigenvalue weighted by Crippen LogP contribution is 1.91. The average Bonchev–Trinajstić information content (AvgIpc) is 1.61. The van der Waals surface area contributed by atoms with E-state index in [1.165, 1.54) is 0 Å². The summed E-state index contributed by atoms with van der Waals surface area (Å²) < 4.78 is 4.38. The van der Waals surface area contributed by atoms with E-state index >= 15 is 0 Å². The molecule has 0 bridgehead atoms. The second kappa shape index (κ2) is 3.65. The van der Waals surface area contributed by atoms with Crippen molar-refractivity contribution in [1.29, 1.82) is 0 Å². The van der Waals surface area contributed by atoms with E-state index in [0.29, 0.717) is 13.1 Å². The molecule has 0 aromatic carbocycles. The van der Waals surface area contributed by atoms with Gasteiger partial charge in [0, 0.05) is 5.92 Å². The third-order valence-corrected chi connectivity index (χ3v) is 0.440. The van der Waals surface area contributed by atoms with Gasteiger partial charge in [0.15, 0.2) is 0 Å². The van der Waals surface area contributed by atoms with Crippen molar-refractivity contribution in [3.63, 3.8) is 0 Å². The molecule has 0 aromatic rings. The number of rotatable bonds is 3. The van der Waals surface area contributed by atoms with Crippen LogP contribution in [-0.4, -0.2) is 13.1 Å². The van der Waals surface area contributed by atoms with E-state index in [1.807, 2.05) is 13.8 Å². The number of carbonyl (C=O) groups is 1. The summed E-state index contributed by atoms with van der Waals surface area (Å²) in [6.45, 7) is 4.71. The standard InChI is InChI=1S/C5H9O2/c1-5(2)3-7-4-6/h4H,3H2,1-2H3. The van der Waals surface area contributed by atoms with Crippen LogP contribution in [0.5, 0.6) is 0 Å². The third kappa shape index (κ3) is 5.47. The second-order valence-corrected chi connectivity index (χ2v) is 1.61. The number of ether oxygens (including phenoxy) is 1. The molecule has 0 aliphatic heterocycles. The van der Waals surface area contributed by atoms with Crippen LogP contribution >= 0.6 is 0 Å².